The number of hydrogen-bond donors (Lipinski definition) is 1. The molecule has 2 nitrogen and oxygen atoms in total. The Kier molecular flexibility index (Phi) is 4.13. The Hall–Kier alpha value is -1.26. The van der Waals surface area contributed by atoms with Crippen LogP contribution in [0, 0.1) is 5.82 Å². The Bertz CT molecular complexity index is 585. The van der Waals surface area contributed by atoms with E-state index < -0.39 is 0 Å². The van der Waals surface area contributed by atoms with Crippen LogP contribution >= 0.6 is 15.9 Å². The summed E-state index contributed by atoms with van der Waals surface area (Å²) in [7, 11) is 0. The van der Waals surface area contributed by atoms with Crippen molar-refractivity contribution in [1.82, 2.24) is 10.3 Å². The first-order valence-corrected chi connectivity index (χ1v) is 7.60. The summed E-state index contributed by atoms with van der Waals surface area (Å²) in [6.45, 7) is 1.93. The molecule has 1 saturated heterocycles. The van der Waals surface area contributed by atoms with Gasteiger partial charge in [0.05, 0.1) is 0 Å². The summed E-state index contributed by atoms with van der Waals surface area (Å²) in [5.74, 6) is 0.602. The van der Waals surface area contributed by atoms with Gasteiger partial charge in [0.2, 0.25) is 0 Å². The van der Waals surface area contributed by atoms with Crippen LogP contribution in [0.15, 0.2) is 47.2 Å². The molecule has 0 aliphatic carbocycles. The Labute approximate surface area is 126 Å². The van der Waals surface area contributed by atoms with Crippen molar-refractivity contribution in [2.45, 2.75) is 18.3 Å². The van der Waals surface area contributed by atoms with E-state index in [9.17, 15) is 4.39 Å². The van der Waals surface area contributed by atoms with E-state index in [0.717, 1.165) is 24.0 Å². The van der Waals surface area contributed by atoms with E-state index in [1.54, 1.807) is 18.3 Å². The third-order valence-corrected chi connectivity index (χ3v) is 4.37. The number of nitrogens with zero attached hydrogens (tertiary/aromatic N) is 1. The maximum Gasteiger partial charge on any atom is 0.123 e. The minimum absolute atomic E-state index is 0.182. The van der Waals surface area contributed by atoms with E-state index in [2.05, 4.69) is 32.3 Å². The average molecular weight is 335 g/mol. The minimum atomic E-state index is -0.182. The van der Waals surface area contributed by atoms with E-state index in [4.69, 9.17) is 0 Å². The molecule has 4 heteroatoms. The normalized spacial score (nSPS) is 22.7. The largest absolute Gasteiger partial charge is 0.316 e. The first-order chi connectivity index (χ1) is 9.74. The van der Waals surface area contributed by atoms with Crippen LogP contribution in [0.3, 0.4) is 0 Å². The Morgan fingerprint density at radius 2 is 1.90 bits per heavy atom. The predicted octanol–water partition coefficient (Wildman–Crippen LogP) is 3.84. The highest BCUT2D eigenvalue weighted by atomic mass is 79.9. The molecule has 0 radical (unpaired) electrons. The number of benzene rings is 1. The highest BCUT2D eigenvalue weighted by Crippen LogP contribution is 2.37. The molecule has 2 heterocycles. The van der Waals surface area contributed by atoms with Gasteiger partial charge in [-0.05, 0) is 64.1 Å². The van der Waals surface area contributed by atoms with Gasteiger partial charge in [-0.15, -0.1) is 0 Å². The molecule has 0 bridgehead atoms. The zero-order chi connectivity index (χ0) is 13.9. The molecular weight excluding hydrogens is 319 g/mol. The van der Waals surface area contributed by atoms with E-state index in [1.165, 1.54) is 11.1 Å². The molecule has 2 aromatic rings. The average Bonchev–Trinajstić information content (AvgIpc) is 2.48. The number of pyridine rings is 1. The lowest BCUT2D eigenvalue weighted by Gasteiger charge is -2.33. The van der Waals surface area contributed by atoms with Gasteiger partial charge < -0.3 is 5.32 Å². The molecule has 1 aliphatic heterocycles. The van der Waals surface area contributed by atoms with Crippen molar-refractivity contribution in [2.24, 2.45) is 0 Å². The van der Waals surface area contributed by atoms with Crippen molar-refractivity contribution in [2.75, 3.05) is 13.1 Å². The summed E-state index contributed by atoms with van der Waals surface area (Å²) in [5, 5.41) is 3.44. The highest BCUT2D eigenvalue weighted by Gasteiger charge is 2.28. The summed E-state index contributed by atoms with van der Waals surface area (Å²) < 4.78 is 14.1. The first-order valence-electron chi connectivity index (χ1n) is 6.80. The summed E-state index contributed by atoms with van der Waals surface area (Å²) in [6.07, 6.45) is 4.81. The molecule has 1 N–H and O–H groups in total. The molecule has 2 atom stereocenters. The standard InChI is InChI=1S/C16H16BrFN2/c17-13-7-12(8-20-9-13)15-5-6-19-10-16(15)11-1-3-14(18)4-2-11/h1-4,7-9,15-16,19H,5-6,10H2. The molecule has 1 aromatic carbocycles. The highest BCUT2D eigenvalue weighted by molar-refractivity contribution is 9.10. The van der Waals surface area contributed by atoms with Gasteiger partial charge in [0.15, 0.2) is 0 Å². The van der Waals surface area contributed by atoms with E-state index in [-0.39, 0.29) is 5.82 Å². The lowest BCUT2D eigenvalue weighted by atomic mass is 9.78. The van der Waals surface area contributed by atoms with Crippen molar-refractivity contribution in [3.05, 3.63) is 64.1 Å². The minimum Gasteiger partial charge on any atom is -0.316 e. The molecule has 1 fully saturated rings. The van der Waals surface area contributed by atoms with Crippen molar-refractivity contribution >= 4 is 15.9 Å². The summed E-state index contributed by atoms with van der Waals surface area (Å²) >= 11 is 3.49. The lowest BCUT2D eigenvalue weighted by Crippen LogP contribution is -2.34. The predicted molar refractivity (Wildman–Crippen MR) is 81.3 cm³/mol. The van der Waals surface area contributed by atoms with Crippen LogP contribution < -0.4 is 5.32 Å². The number of hydrogen-bond acceptors (Lipinski definition) is 2. The van der Waals surface area contributed by atoms with E-state index in [1.807, 2.05) is 18.3 Å². The summed E-state index contributed by atoms with van der Waals surface area (Å²) in [5.41, 5.74) is 2.43. The molecule has 104 valence electrons. The van der Waals surface area contributed by atoms with Crippen molar-refractivity contribution < 1.29 is 4.39 Å². The summed E-state index contributed by atoms with van der Waals surface area (Å²) in [4.78, 5) is 4.27. The van der Waals surface area contributed by atoms with Gasteiger partial charge in [-0.1, -0.05) is 12.1 Å². The molecule has 0 saturated carbocycles. The Balaban J connectivity index is 1.93. The molecule has 3 rings (SSSR count). The second-order valence-electron chi connectivity index (χ2n) is 5.19. The molecule has 0 spiro atoms. The van der Waals surface area contributed by atoms with Crippen LogP contribution in [0.25, 0.3) is 0 Å². The Morgan fingerprint density at radius 3 is 2.65 bits per heavy atom. The fraction of sp³-hybridized carbons (Fsp3) is 0.312. The zero-order valence-electron chi connectivity index (χ0n) is 11.0. The maximum absolute atomic E-state index is 13.1. The molecule has 1 aromatic heterocycles. The zero-order valence-corrected chi connectivity index (χ0v) is 12.6. The SMILES string of the molecule is Fc1ccc(C2CNCCC2c2cncc(Br)c2)cc1. The van der Waals surface area contributed by atoms with Crippen molar-refractivity contribution in [1.29, 1.82) is 0 Å². The van der Waals surface area contributed by atoms with Crippen LogP contribution in [-0.2, 0) is 0 Å². The van der Waals surface area contributed by atoms with Crippen LogP contribution in [0.5, 0.6) is 0 Å². The second-order valence-corrected chi connectivity index (χ2v) is 6.11. The van der Waals surface area contributed by atoms with Gasteiger partial charge in [0.25, 0.3) is 0 Å². The monoisotopic (exact) mass is 334 g/mol. The first kappa shape index (κ1) is 13.7. The number of nitrogens with one attached hydrogen (secondary N) is 1. The molecule has 2 unspecified atom stereocenters. The van der Waals surface area contributed by atoms with Gasteiger partial charge in [0.1, 0.15) is 5.82 Å². The van der Waals surface area contributed by atoms with Gasteiger partial charge in [-0.2, -0.15) is 0 Å². The van der Waals surface area contributed by atoms with Crippen molar-refractivity contribution in [3.8, 4) is 0 Å². The topological polar surface area (TPSA) is 24.9 Å². The third kappa shape index (κ3) is 2.91. The molecule has 0 amide bonds. The Morgan fingerprint density at radius 1 is 1.10 bits per heavy atom. The van der Waals surface area contributed by atoms with E-state index >= 15 is 0 Å². The number of aromatic nitrogens is 1. The van der Waals surface area contributed by atoms with Crippen LogP contribution in [0.2, 0.25) is 0 Å². The fourth-order valence-electron chi connectivity index (χ4n) is 2.95. The fourth-order valence-corrected chi connectivity index (χ4v) is 3.33. The van der Waals surface area contributed by atoms with Crippen LogP contribution in [-0.4, -0.2) is 18.1 Å². The lowest BCUT2D eigenvalue weighted by molar-refractivity contribution is 0.403. The third-order valence-electron chi connectivity index (χ3n) is 3.93. The van der Waals surface area contributed by atoms with Gasteiger partial charge >= 0.3 is 0 Å². The number of rotatable bonds is 2. The van der Waals surface area contributed by atoms with Gasteiger partial charge in [-0.3, -0.25) is 4.98 Å². The quantitative estimate of drug-likeness (QED) is 0.902. The maximum atomic E-state index is 13.1. The number of piperidine rings is 1. The summed E-state index contributed by atoms with van der Waals surface area (Å²) in [6, 6.07) is 9.01. The molecular formula is C16H16BrFN2. The smallest absolute Gasteiger partial charge is 0.123 e. The van der Waals surface area contributed by atoms with Crippen LogP contribution in [0.1, 0.15) is 29.4 Å². The van der Waals surface area contributed by atoms with Crippen LogP contribution in [0.4, 0.5) is 4.39 Å². The van der Waals surface area contributed by atoms with E-state index in [0.29, 0.717) is 11.8 Å². The number of halogens is 2. The molecule has 1 aliphatic rings. The van der Waals surface area contributed by atoms with Crippen molar-refractivity contribution in [3.63, 3.8) is 0 Å². The van der Waals surface area contributed by atoms with Gasteiger partial charge in [-0.25, -0.2) is 4.39 Å². The second kappa shape index (κ2) is 6.02. The van der Waals surface area contributed by atoms with Gasteiger partial charge in [0, 0.05) is 29.3 Å². The molecule has 20 heavy (non-hydrogen) atoms.